The van der Waals surface area contributed by atoms with E-state index in [9.17, 15) is 60.7 Å². The molecule has 0 spiro atoms. The van der Waals surface area contributed by atoms with E-state index in [-0.39, 0.29) is 0 Å². The summed E-state index contributed by atoms with van der Waals surface area (Å²) < 4.78 is 40.2. The van der Waals surface area contributed by atoms with Crippen LogP contribution in [0.15, 0.2) is 41.5 Å². The molecule has 3 fully saturated rings. The summed E-state index contributed by atoms with van der Waals surface area (Å²) in [6.07, 6.45) is -9.86. The molecular formula is C31H35N9O18. The van der Waals surface area contributed by atoms with Crippen molar-refractivity contribution in [2.75, 3.05) is 23.8 Å². The molecule has 2 aromatic carbocycles. The van der Waals surface area contributed by atoms with Gasteiger partial charge in [-0.2, -0.15) is 0 Å². The van der Waals surface area contributed by atoms with Crippen LogP contribution >= 0.6 is 0 Å². The number of fused-ring (bicyclic) bond motifs is 1. The third-order valence-electron chi connectivity index (χ3n) is 8.93. The number of rotatable bonds is 16. The Morgan fingerprint density at radius 3 is 1.97 bits per heavy atom. The molecule has 58 heavy (non-hydrogen) atoms. The number of hydrogen-bond acceptors (Lipinski definition) is 21. The van der Waals surface area contributed by atoms with Crippen molar-refractivity contribution in [1.29, 1.82) is 0 Å². The predicted molar refractivity (Wildman–Crippen MR) is 189 cm³/mol. The van der Waals surface area contributed by atoms with Crippen LogP contribution in [-0.4, -0.2) is 117 Å². The topological polar surface area (TPSA) is 364 Å². The molecule has 0 saturated carbocycles. The third-order valence-corrected chi connectivity index (χ3v) is 8.93. The van der Waals surface area contributed by atoms with Gasteiger partial charge in [0.1, 0.15) is 48.4 Å². The van der Waals surface area contributed by atoms with Gasteiger partial charge in [0, 0.05) is 30.9 Å². The van der Waals surface area contributed by atoms with Crippen LogP contribution in [0, 0.1) is 40.5 Å². The monoisotopic (exact) mass is 821 g/mol. The van der Waals surface area contributed by atoms with Gasteiger partial charge in [-0.25, -0.2) is 0 Å². The predicted octanol–water partition coefficient (Wildman–Crippen LogP) is 2.73. The smallest absolute Gasteiger partial charge is 0.303 e. The summed E-state index contributed by atoms with van der Waals surface area (Å²) in [7, 11) is 0. The number of ether oxygens (including phenoxy) is 7. The van der Waals surface area contributed by atoms with E-state index in [1.807, 2.05) is 0 Å². The molecule has 5 rings (SSSR count). The van der Waals surface area contributed by atoms with Crippen LogP contribution in [-0.2, 0) is 42.7 Å². The number of esters is 2. The van der Waals surface area contributed by atoms with Crippen molar-refractivity contribution >= 4 is 46.1 Å². The van der Waals surface area contributed by atoms with E-state index in [1.165, 1.54) is 0 Å². The van der Waals surface area contributed by atoms with Crippen LogP contribution in [0.3, 0.4) is 0 Å². The normalized spacial score (nSPS) is 27.6. The first kappa shape index (κ1) is 42.8. The van der Waals surface area contributed by atoms with Crippen molar-refractivity contribution < 1.29 is 67.5 Å². The molecule has 0 aliphatic carbocycles. The molecule has 3 aliphatic rings. The summed E-state index contributed by atoms with van der Waals surface area (Å²) in [5.74, 6) is -2.91. The van der Waals surface area contributed by atoms with Gasteiger partial charge in [0.05, 0.1) is 50.5 Å². The fourth-order valence-corrected chi connectivity index (χ4v) is 6.57. The molecule has 0 bridgehead atoms. The number of nitro benzene ring substituents is 4. The quantitative estimate of drug-likeness (QED) is 0.0547. The Morgan fingerprint density at radius 2 is 1.47 bits per heavy atom. The van der Waals surface area contributed by atoms with Gasteiger partial charge in [-0.15, -0.1) is 0 Å². The Bertz CT molecular complexity index is 2010. The first-order chi connectivity index (χ1) is 27.3. The first-order valence-corrected chi connectivity index (χ1v) is 17.0. The first-order valence-electron chi connectivity index (χ1n) is 17.0. The Hall–Kier alpha value is -6.35. The van der Waals surface area contributed by atoms with E-state index in [4.69, 9.17) is 33.2 Å². The number of nitrogens with one attached hydrogen (secondary N) is 2. The van der Waals surface area contributed by atoms with E-state index in [2.05, 4.69) is 20.7 Å². The Labute approximate surface area is 324 Å². The standard InChI is InChI=1S/C31H35N9O18/c1-13(41)52-12-22-27(54-14(2)42)23(33-17-7-5-15(37(44)45)9-19(17)39(48)49)24(34-18-8-6-16(38(46)47)10-20(18)40(50)51)29(55-22)53-11-21(43)26-25(35-36-32)28-30(56-26)58-31(3,4)57-28/h5-10,21-30,33-34,43H,11-12H2,1-4H3/t21?,22-,23-,24-,25+,26-,27-,28-,29-,30-/m1/s1. The van der Waals surface area contributed by atoms with Gasteiger partial charge in [0.2, 0.25) is 0 Å². The van der Waals surface area contributed by atoms with Crippen molar-refractivity contribution in [3.8, 4) is 0 Å². The number of azide groups is 1. The summed E-state index contributed by atoms with van der Waals surface area (Å²) in [5, 5.41) is 68.0. The largest absolute Gasteiger partial charge is 0.463 e. The Kier molecular flexibility index (Phi) is 12.9. The van der Waals surface area contributed by atoms with Crippen LogP contribution in [0.2, 0.25) is 0 Å². The number of hydrogen-bond donors (Lipinski definition) is 3. The molecule has 27 nitrogen and oxygen atoms in total. The lowest BCUT2D eigenvalue weighted by Crippen LogP contribution is -2.65. The molecule has 3 N–H and O–H groups in total. The molecule has 10 atom stereocenters. The molecule has 0 radical (unpaired) electrons. The lowest BCUT2D eigenvalue weighted by atomic mass is 9.92. The molecule has 3 saturated heterocycles. The number of aliphatic hydroxyl groups excluding tert-OH is 1. The Balaban J connectivity index is 1.60. The van der Waals surface area contributed by atoms with Crippen LogP contribution < -0.4 is 10.6 Å². The lowest BCUT2D eigenvalue weighted by molar-refractivity contribution is -0.394. The highest BCUT2D eigenvalue weighted by atomic mass is 16.8. The average molecular weight is 822 g/mol. The third kappa shape index (κ3) is 9.60. The van der Waals surface area contributed by atoms with Crippen molar-refractivity contribution in [3.05, 3.63) is 87.3 Å². The second kappa shape index (κ2) is 17.4. The summed E-state index contributed by atoms with van der Waals surface area (Å²) in [6, 6.07) is 0.727. The minimum absolute atomic E-state index is 0.402. The zero-order chi connectivity index (χ0) is 42.6. The lowest BCUT2D eigenvalue weighted by Gasteiger charge is -2.46. The number of carbonyl (C=O) groups is 2. The van der Waals surface area contributed by atoms with Gasteiger partial charge in [-0.3, -0.25) is 50.0 Å². The number of anilines is 2. The number of nitro groups is 4. The van der Waals surface area contributed by atoms with E-state index in [0.29, 0.717) is 12.1 Å². The van der Waals surface area contributed by atoms with Crippen LogP contribution in [0.25, 0.3) is 10.4 Å². The summed E-state index contributed by atoms with van der Waals surface area (Å²) in [6.45, 7) is 3.82. The van der Waals surface area contributed by atoms with Crippen LogP contribution in [0.4, 0.5) is 34.1 Å². The number of nitrogens with zero attached hydrogens (tertiary/aromatic N) is 7. The van der Waals surface area contributed by atoms with Crippen molar-refractivity contribution in [3.63, 3.8) is 0 Å². The van der Waals surface area contributed by atoms with Gasteiger partial charge >= 0.3 is 11.9 Å². The second-order valence-electron chi connectivity index (χ2n) is 13.4. The molecule has 2 aromatic rings. The fourth-order valence-electron chi connectivity index (χ4n) is 6.57. The van der Waals surface area contributed by atoms with Crippen molar-refractivity contribution in [2.45, 2.75) is 94.7 Å². The van der Waals surface area contributed by atoms with Gasteiger partial charge in [-0.1, -0.05) is 5.11 Å². The molecule has 3 aliphatic heterocycles. The van der Waals surface area contributed by atoms with E-state index < -0.39 is 146 Å². The maximum Gasteiger partial charge on any atom is 0.303 e. The van der Waals surface area contributed by atoms with Crippen molar-refractivity contribution in [1.82, 2.24) is 0 Å². The molecule has 0 amide bonds. The molecule has 0 aromatic heterocycles. The molecule has 3 heterocycles. The Morgan fingerprint density at radius 1 is 0.897 bits per heavy atom. The van der Waals surface area contributed by atoms with Gasteiger partial charge < -0.3 is 48.9 Å². The number of benzene rings is 2. The number of carbonyl (C=O) groups excluding carboxylic acids is 2. The van der Waals surface area contributed by atoms with E-state index in [1.54, 1.807) is 13.8 Å². The highest BCUT2D eigenvalue weighted by Gasteiger charge is 2.57. The average Bonchev–Trinajstić information content (AvgIpc) is 3.62. The highest BCUT2D eigenvalue weighted by molar-refractivity contribution is 5.69. The van der Waals surface area contributed by atoms with E-state index >= 15 is 0 Å². The summed E-state index contributed by atoms with van der Waals surface area (Å²) in [5.41, 5.74) is 5.44. The number of aliphatic hydroxyl groups is 1. The maximum absolute atomic E-state index is 12.5. The highest BCUT2D eigenvalue weighted by Crippen LogP contribution is 2.41. The molecule has 312 valence electrons. The minimum Gasteiger partial charge on any atom is -0.463 e. The minimum atomic E-state index is -1.77. The summed E-state index contributed by atoms with van der Waals surface area (Å²) in [4.78, 5) is 71.0. The molecular weight excluding hydrogens is 786 g/mol. The van der Waals surface area contributed by atoms with Gasteiger partial charge in [0.15, 0.2) is 24.5 Å². The maximum atomic E-state index is 12.5. The van der Waals surface area contributed by atoms with Gasteiger partial charge in [0.25, 0.3) is 22.7 Å². The number of non-ortho nitro benzene ring substituents is 2. The van der Waals surface area contributed by atoms with E-state index in [0.717, 1.165) is 38.1 Å². The van der Waals surface area contributed by atoms with Crippen LogP contribution in [0.1, 0.15) is 27.7 Å². The second-order valence-corrected chi connectivity index (χ2v) is 13.4. The fraction of sp³-hybridized carbons (Fsp3) is 0.548. The molecule has 27 heteroatoms. The van der Waals surface area contributed by atoms with Gasteiger partial charge in [-0.05, 0) is 31.5 Å². The molecule has 1 unspecified atom stereocenters. The summed E-state index contributed by atoms with van der Waals surface area (Å²) >= 11 is 0. The van der Waals surface area contributed by atoms with Crippen molar-refractivity contribution in [2.24, 2.45) is 5.11 Å². The zero-order valence-corrected chi connectivity index (χ0v) is 30.7. The SMILES string of the molecule is CC(=O)OC[C@H]1O[C@@H](OCC(O)[C@H]2O[C@@H]3OC(C)(C)O[C@@H]3[C@H]2N=[N+]=[N-])[C@H](Nc2ccc([N+](=O)[O-])cc2[N+](=O)[O-])[C@@H](Nc2ccc([N+](=O)[O-])cc2[N+](=O)[O-])[C@@H]1OC(C)=O. The zero-order valence-electron chi connectivity index (χ0n) is 30.7. The van der Waals surface area contributed by atoms with Crippen LogP contribution in [0.5, 0.6) is 0 Å².